The number of hydrogen-bond donors (Lipinski definition) is 0. The molecule has 0 N–H and O–H groups in total. The second kappa shape index (κ2) is 4.18. The van der Waals surface area contributed by atoms with E-state index in [1.165, 1.54) is 0 Å². The monoisotopic (exact) mass is 247 g/mol. The van der Waals surface area contributed by atoms with Gasteiger partial charge in [0.2, 0.25) is 5.88 Å². The zero-order chi connectivity index (χ0) is 11.6. The Morgan fingerprint density at radius 1 is 1.33 bits per heavy atom. The zero-order valence-electron chi connectivity index (χ0n) is 6.86. The molecule has 2 nitrogen and oxygen atoms in total. The predicted octanol–water partition coefficient (Wildman–Crippen LogP) is 3.57. The molecule has 0 aliphatic carbocycles. The van der Waals surface area contributed by atoms with E-state index < -0.39 is 29.3 Å². The Kier molecular flexibility index (Phi) is 3.33. The van der Waals surface area contributed by atoms with Crippen molar-refractivity contribution in [2.24, 2.45) is 0 Å². The Bertz CT molecular complexity index is 354. The molecular formula is C7H3ClF5NO. The normalized spacial score (nSPS) is 11.9. The van der Waals surface area contributed by atoms with E-state index in [-0.39, 0.29) is 0 Å². The summed E-state index contributed by atoms with van der Waals surface area (Å²) in [6.07, 6.45) is -7.43. The van der Waals surface area contributed by atoms with E-state index in [0.29, 0.717) is 0 Å². The molecule has 0 fully saturated rings. The van der Waals surface area contributed by atoms with Crippen molar-refractivity contribution in [2.75, 3.05) is 0 Å². The fourth-order valence-electron chi connectivity index (χ4n) is 0.820. The highest BCUT2D eigenvalue weighted by Crippen LogP contribution is 2.35. The van der Waals surface area contributed by atoms with E-state index in [1.54, 1.807) is 0 Å². The van der Waals surface area contributed by atoms with Gasteiger partial charge in [0.05, 0.1) is 10.6 Å². The summed E-state index contributed by atoms with van der Waals surface area (Å²) >= 11 is 5.29. The van der Waals surface area contributed by atoms with Gasteiger partial charge in [-0.15, -0.1) is 13.2 Å². The predicted molar refractivity (Wildman–Crippen MR) is 40.9 cm³/mol. The largest absolute Gasteiger partial charge is 0.574 e. The zero-order valence-corrected chi connectivity index (χ0v) is 7.61. The maximum absolute atomic E-state index is 12.3. The standard InChI is InChI=1S/C7H3ClF5NO/c8-3-1-2-14-6(4(3)5(9)10)15-7(11,12)13/h1-2,5H. The van der Waals surface area contributed by atoms with Crippen molar-refractivity contribution in [1.29, 1.82) is 0 Å². The van der Waals surface area contributed by atoms with Crippen LogP contribution in [0.15, 0.2) is 12.3 Å². The van der Waals surface area contributed by atoms with Crippen molar-refractivity contribution >= 4 is 11.6 Å². The molecule has 1 aromatic rings. The fourth-order valence-corrected chi connectivity index (χ4v) is 1.04. The van der Waals surface area contributed by atoms with E-state index in [2.05, 4.69) is 9.72 Å². The summed E-state index contributed by atoms with van der Waals surface area (Å²) < 4.78 is 63.2. The number of aromatic nitrogens is 1. The van der Waals surface area contributed by atoms with Crippen LogP contribution in [0.3, 0.4) is 0 Å². The molecule has 0 aliphatic heterocycles. The summed E-state index contributed by atoms with van der Waals surface area (Å²) in [6, 6.07) is 0.951. The Morgan fingerprint density at radius 2 is 1.93 bits per heavy atom. The average Bonchev–Trinajstić information content (AvgIpc) is 1.99. The number of ether oxygens (including phenoxy) is 1. The number of alkyl halides is 5. The molecular weight excluding hydrogens is 245 g/mol. The third-order valence-electron chi connectivity index (χ3n) is 1.33. The molecule has 1 heterocycles. The lowest BCUT2D eigenvalue weighted by molar-refractivity contribution is -0.276. The molecule has 84 valence electrons. The van der Waals surface area contributed by atoms with Crippen molar-refractivity contribution in [1.82, 2.24) is 4.98 Å². The Morgan fingerprint density at radius 3 is 2.40 bits per heavy atom. The number of pyridine rings is 1. The van der Waals surface area contributed by atoms with E-state index in [4.69, 9.17) is 11.6 Å². The van der Waals surface area contributed by atoms with Crippen LogP contribution in [-0.4, -0.2) is 11.3 Å². The first-order chi connectivity index (χ1) is 6.81. The van der Waals surface area contributed by atoms with Crippen LogP contribution >= 0.6 is 11.6 Å². The van der Waals surface area contributed by atoms with Crippen LogP contribution < -0.4 is 4.74 Å². The van der Waals surface area contributed by atoms with Gasteiger partial charge in [0.25, 0.3) is 6.43 Å². The molecule has 0 atom stereocenters. The number of hydrogen-bond acceptors (Lipinski definition) is 2. The van der Waals surface area contributed by atoms with Crippen LogP contribution in [0, 0.1) is 0 Å². The van der Waals surface area contributed by atoms with Gasteiger partial charge in [0, 0.05) is 6.20 Å². The van der Waals surface area contributed by atoms with E-state index in [9.17, 15) is 22.0 Å². The van der Waals surface area contributed by atoms with Gasteiger partial charge in [-0.05, 0) is 6.07 Å². The lowest BCUT2D eigenvalue weighted by Crippen LogP contribution is -2.19. The average molecular weight is 248 g/mol. The molecule has 0 amide bonds. The Labute approximate surface area is 85.6 Å². The second-order valence-corrected chi connectivity index (χ2v) is 2.77. The number of rotatable bonds is 2. The fraction of sp³-hybridized carbons (Fsp3) is 0.286. The van der Waals surface area contributed by atoms with E-state index in [0.717, 1.165) is 12.3 Å². The maximum atomic E-state index is 12.3. The summed E-state index contributed by atoms with van der Waals surface area (Å²) in [5.74, 6) is -1.23. The third-order valence-corrected chi connectivity index (χ3v) is 1.66. The SMILES string of the molecule is FC(F)c1c(Cl)ccnc1OC(F)(F)F. The van der Waals surface area contributed by atoms with Crippen LogP contribution in [0.25, 0.3) is 0 Å². The minimum atomic E-state index is -5.08. The molecule has 15 heavy (non-hydrogen) atoms. The van der Waals surface area contributed by atoms with Crippen molar-refractivity contribution < 1.29 is 26.7 Å². The maximum Gasteiger partial charge on any atom is 0.574 e. The molecule has 0 radical (unpaired) electrons. The van der Waals surface area contributed by atoms with Crippen molar-refractivity contribution in [3.63, 3.8) is 0 Å². The molecule has 0 unspecified atom stereocenters. The smallest absolute Gasteiger partial charge is 0.387 e. The van der Waals surface area contributed by atoms with Crippen LogP contribution in [0.5, 0.6) is 5.88 Å². The summed E-state index contributed by atoms with van der Waals surface area (Å²) in [5, 5.41) is -0.528. The highest BCUT2D eigenvalue weighted by atomic mass is 35.5. The van der Waals surface area contributed by atoms with Crippen molar-refractivity contribution in [3.05, 3.63) is 22.8 Å². The molecule has 0 aromatic carbocycles. The summed E-state index contributed by atoms with van der Waals surface area (Å²) in [4.78, 5) is 3.04. The van der Waals surface area contributed by atoms with Gasteiger partial charge in [-0.3, -0.25) is 0 Å². The first kappa shape index (κ1) is 12.0. The summed E-state index contributed by atoms with van der Waals surface area (Å²) in [5.41, 5.74) is -1.07. The van der Waals surface area contributed by atoms with Crippen molar-refractivity contribution in [3.8, 4) is 5.88 Å². The van der Waals surface area contributed by atoms with Gasteiger partial charge in [0.1, 0.15) is 0 Å². The molecule has 1 aromatic heterocycles. The minimum absolute atomic E-state index is 0.528. The number of halogens is 6. The van der Waals surface area contributed by atoms with Crippen molar-refractivity contribution in [2.45, 2.75) is 12.8 Å². The van der Waals surface area contributed by atoms with Gasteiger partial charge in [0.15, 0.2) is 0 Å². The highest BCUT2D eigenvalue weighted by molar-refractivity contribution is 6.31. The van der Waals surface area contributed by atoms with Crippen LogP contribution in [-0.2, 0) is 0 Å². The van der Waals surface area contributed by atoms with Gasteiger partial charge < -0.3 is 4.74 Å². The topological polar surface area (TPSA) is 22.1 Å². The molecule has 0 bridgehead atoms. The lowest BCUT2D eigenvalue weighted by atomic mass is 10.3. The van der Waals surface area contributed by atoms with E-state index >= 15 is 0 Å². The summed E-state index contributed by atoms with van der Waals surface area (Å²) in [7, 11) is 0. The molecule has 0 spiro atoms. The number of nitrogens with zero attached hydrogens (tertiary/aromatic N) is 1. The minimum Gasteiger partial charge on any atom is -0.387 e. The Hall–Kier alpha value is -1.11. The quantitative estimate of drug-likeness (QED) is 0.746. The van der Waals surface area contributed by atoms with Crippen LogP contribution in [0.2, 0.25) is 5.02 Å². The molecule has 0 saturated carbocycles. The first-order valence-electron chi connectivity index (χ1n) is 3.49. The van der Waals surface area contributed by atoms with Gasteiger partial charge in [-0.2, -0.15) is 0 Å². The Balaban J connectivity index is 3.12. The third kappa shape index (κ3) is 3.19. The molecule has 0 aliphatic rings. The van der Waals surface area contributed by atoms with Crippen LogP contribution in [0.1, 0.15) is 12.0 Å². The molecule has 1 rings (SSSR count). The van der Waals surface area contributed by atoms with Crippen LogP contribution in [0.4, 0.5) is 22.0 Å². The molecule has 0 saturated heterocycles. The van der Waals surface area contributed by atoms with E-state index in [1.807, 2.05) is 0 Å². The molecule has 8 heteroatoms. The second-order valence-electron chi connectivity index (χ2n) is 2.36. The van der Waals surface area contributed by atoms with Gasteiger partial charge >= 0.3 is 6.36 Å². The van der Waals surface area contributed by atoms with Gasteiger partial charge in [-0.1, -0.05) is 11.6 Å². The summed E-state index contributed by atoms with van der Waals surface area (Å²) in [6.45, 7) is 0. The highest BCUT2D eigenvalue weighted by Gasteiger charge is 2.34. The lowest BCUT2D eigenvalue weighted by Gasteiger charge is -2.12. The van der Waals surface area contributed by atoms with Gasteiger partial charge in [-0.25, -0.2) is 13.8 Å². The first-order valence-corrected chi connectivity index (χ1v) is 3.87.